The first kappa shape index (κ1) is 12.8. The molecule has 1 saturated heterocycles. The van der Waals surface area contributed by atoms with Gasteiger partial charge in [0.05, 0.1) is 11.8 Å². The number of hydrogen-bond acceptors (Lipinski definition) is 3. The van der Waals surface area contributed by atoms with Gasteiger partial charge in [-0.3, -0.25) is 4.90 Å². The molecule has 2 fully saturated rings. The molecule has 3 nitrogen and oxygen atoms in total. The lowest BCUT2D eigenvalue weighted by Crippen LogP contribution is -2.27. The Morgan fingerprint density at radius 3 is 2.74 bits per heavy atom. The number of para-hydroxylation sites is 2. The predicted molar refractivity (Wildman–Crippen MR) is 78.8 cm³/mol. The quantitative estimate of drug-likeness (QED) is 0.880. The molecular formula is C16H24N2O. The Hall–Kier alpha value is -1.22. The average molecular weight is 260 g/mol. The lowest BCUT2D eigenvalue weighted by atomic mass is 10.2. The van der Waals surface area contributed by atoms with Crippen molar-refractivity contribution in [1.82, 2.24) is 4.90 Å². The smallest absolute Gasteiger partial charge is 0.142 e. The summed E-state index contributed by atoms with van der Waals surface area (Å²) < 4.78 is 5.87. The van der Waals surface area contributed by atoms with Crippen molar-refractivity contribution in [2.75, 3.05) is 18.4 Å². The fourth-order valence-electron chi connectivity index (χ4n) is 2.84. The zero-order valence-corrected chi connectivity index (χ0v) is 11.9. The summed E-state index contributed by atoms with van der Waals surface area (Å²) in [5, 5.41) is 3.66. The van der Waals surface area contributed by atoms with Crippen molar-refractivity contribution in [2.45, 2.75) is 51.3 Å². The van der Waals surface area contributed by atoms with Gasteiger partial charge in [-0.1, -0.05) is 12.1 Å². The molecule has 0 amide bonds. The molecule has 3 rings (SSSR count). The van der Waals surface area contributed by atoms with Crippen LogP contribution in [0.3, 0.4) is 0 Å². The number of benzene rings is 1. The van der Waals surface area contributed by atoms with Crippen LogP contribution in [0.2, 0.25) is 0 Å². The Balaban J connectivity index is 1.62. The fourth-order valence-corrected chi connectivity index (χ4v) is 2.84. The van der Waals surface area contributed by atoms with Crippen molar-refractivity contribution in [3.05, 3.63) is 24.3 Å². The van der Waals surface area contributed by atoms with Gasteiger partial charge in [0, 0.05) is 25.2 Å². The van der Waals surface area contributed by atoms with E-state index < -0.39 is 0 Å². The van der Waals surface area contributed by atoms with E-state index in [4.69, 9.17) is 4.74 Å². The molecular weight excluding hydrogens is 236 g/mol. The van der Waals surface area contributed by atoms with Crippen molar-refractivity contribution in [3.8, 4) is 5.75 Å². The van der Waals surface area contributed by atoms with E-state index in [1.807, 2.05) is 6.07 Å². The molecule has 2 aliphatic rings. The van der Waals surface area contributed by atoms with E-state index in [-0.39, 0.29) is 6.10 Å². The fraction of sp³-hybridized carbons (Fsp3) is 0.625. The van der Waals surface area contributed by atoms with Crippen LogP contribution in [0.25, 0.3) is 0 Å². The monoisotopic (exact) mass is 260 g/mol. The Labute approximate surface area is 115 Å². The van der Waals surface area contributed by atoms with Gasteiger partial charge >= 0.3 is 0 Å². The van der Waals surface area contributed by atoms with Gasteiger partial charge in [0.25, 0.3) is 0 Å². The Morgan fingerprint density at radius 1 is 1.21 bits per heavy atom. The van der Waals surface area contributed by atoms with Crippen LogP contribution in [0.15, 0.2) is 24.3 Å². The highest BCUT2D eigenvalue weighted by Gasteiger charge is 2.34. The van der Waals surface area contributed by atoms with Crippen LogP contribution in [0.4, 0.5) is 5.69 Å². The Morgan fingerprint density at radius 2 is 2.00 bits per heavy atom. The first-order valence-electron chi connectivity index (χ1n) is 7.48. The molecule has 1 aromatic rings. The zero-order chi connectivity index (χ0) is 13.2. The van der Waals surface area contributed by atoms with Gasteiger partial charge in [-0.2, -0.15) is 0 Å². The lowest BCUT2D eigenvalue weighted by Gasteiger charge is -2.20. The molecule has 1 heterocycles. The molecule has 1 aromatic carbocycles. The average Bonchev–Trinajstić information content (AvgIpc) is 3.12. The van der Waals surface area contributed by atoms with Crippen molar-refractivity contribution in [2.24, 2.45) is 0 Å². The van der Waals surface area contributed by atoms with E-state index in [1.165, 1.54) is 32.4 Å². The van der Waals surface area contributed by atoms with Crippen molar-refractivity contribution >= 4 is 5.69 Å². The van der Waals surface area contributed by atoms with E-state index in [9.17, 15) is 0 Å². The highest BCUT2D eigenvalue weighted by Crippen LogP contribution is 2.32. The summed E-state index contributed by atoms with van der Waals surface area (Å²) in [5.41, 5.74) is 1.14. The van der Waals surface area contributed by atoms with Crippen molar-refractivity contribution in [1.29, 1.82) is 0 Å². The minimum Gasteiger partial charge on any atom is -0.489 e. The van der Waals surface area contributed by atoms with Crippen LogP contribution in [0.5, 0.6) is 5.75 Å². The van der Waals surface area contributed by atoms with E-state index in [1.54, 1.807) is 0 Å². The molecule has 1 atom stereocenters. The number of nitrogens with one attached hydrogen (secondary N) is 1. The number of anilines is 1. The molecule has 0 bridgehead atoms. The predicted octanol–water partition coefficient (Wildman–Crippen LogP) is 3.12. The van der Waals surface area contributed by atoms with Gasteiger partial charge in [-0.15, -0.1) is 0 Å². The normalized spacial score (nSPS) is 23.8. The summed E-state index contributed by atoms with van der Waals surface area (Å²) in [6, 6.07) is 9.73. The second-order valence-corrected chi connectivity index (χ2v) is 6.02. The first-order chi connectivity index (χ1) is 9.22. The van der Waals surface area contributed by atoms with Crippen molar-refractivity contribution in [3.63, 3.8) is 0 Å². The van der Waals surface area contributed by atoms with Crippen LogP contribution in [-0.2, 0) is 0 Å². The van der Waals surface area contributed by atoms with Crippen LogP contribution < -0.4 is 10.1 Å². The lowest BCUT2D eigenvalue weighted by molar-refractivity contribution is 0.243. The van der Waals surface area contributed by atoms with E-state index in [0.29, 0.717) is 6.04 Å². The van der Waals surface area contributed by atoms with Gasteiger partial charge in [0.15, 0.2) is 0 Å². The highest BCUT2D eigenvalue weighted by molar-refractivity contribution is 5.57. The summed E-state index contributed by atoms with van der Waals surface area (Å²) in [4.78, 5) is 2.63. The van der Waals surface area contributed by atoms with Gasteiger partial charge in [0.1, 0.15) is 5.75 Å². The first-order valence-corrected chi connectivity index (χ1v) is 7.48. The third kappa shape index (κ3) is 3.21. The molecule has 0 aromatic heterocycles. The zero-order valence-electron chi connectivity index (χ0n) is 11.9. The molecule has 19 heavy (non-hydrogen) atoms. The van der Waals surface area contributed by atoms with Crippen LogP contribution in [0.1, 0.15) is 33.1 Å². The topological polar surface area (TPSA) is 24.5 Å². The van der Waals surface area contributed by atoms with Crippen LogP contribution >= 0.6 is 0 Å². The van der Waals surface area contributed by atoms with E-state index >= 15 is 0 Å². The molecule has 1 N–H and O–H groups in total. The van der Waals surface area contributed by atoms with Crippen LogP contribution in [0, 0.1) is 0 Å². The van der Waals surface area contributed by atoms with E-state index in [2.05, 4.69) is 42.3 Å². The van der Waals surface area contributed by atoms with Gasteiger partial charge in [0.2, 0.25) is 0 Å². The molecule has 3 heteroatoms. The number of nitrogens with zero attached hydrogens (tertiary/aromatic N) is 1. The molecule has 1 unspecified atom stereocenters. The second-order valence-electron chi connectivity index (χ2n) is 6.02. The van der Waals surface area contributed by atoms with Crippen LogP contribution in [-0.4, -0.2) is 36.2 Å². The molecule has 0 radical (unpaired) electrons. The summed E-state index contributed by atoms with van der Waals surface area (Å²) in [7, 11) is 0. The minimum absolute atomic E-state index is 0.217. The third-order valence-corrected chi connectivity index (χ3v) is 3.89. The molecule has 1 aliphatic heterocycles. The maximum Gasteiger partial charge on any atom is 0.142 e. The largest absolute Gasteiger partial charge is 0.489 e. The second kappa shape index (κ2) is 5.41. The maximum atomic E-state index is 5.87. The van der Waals surface area contributed by atoms with Gasteiger partial charge in [-0.25, -0.2) is 0 Å². The van der Waals surface area contributed by atoms with Gasteiger partial charge < -0.3 is 10.1 Å². The molecule has 1 aliphatic carbocycles. The maximum absolute atomic E-state index is 5.87. The summed E-state index contributed by atoms with van der Waals surface area (Å²) >= 11 is 0. The summed E-state index contributed by atoms with van der Waals surface area (Å²) in [6.45, 7) is 6.57. The number of likely N-dealkylation sites (tertiary alicyclic amines) is 1. The molecule has 0 spiro atoms. The molecule has 1 saturated carbocycles. The molecule has 104 valence electrons. The number of rotatable bonds is 5. The third-order valence-electron chi connectivity index (χ3n) is 3.89. The minimum atomic E-state index is 0.217. The standard InChI is InChI=1S/C16H24N2O/c1-12(2)19-16-6-4-3-5-15(16)17-13-9-10-18(11-13)14-7-8-14/h3-6,12-14,17H,7-11H2,1-2H3. The summed E-state index contributed by atoms with van der Waals surface area (Å²) in [6.07, 6.45) is 4.26. The number of hydrogen-bond donors (Lipinski definition) is 1. The van der Waals surface area contributed by atoms with Crippen molar-refractivity contribution < 1.29 is 4.74 Å². The summed E-state index contributed by atoms with van der Waals surface area (Å²) in [5.74, 6) is 0.974. The Bertz CT molecular complexity index is 429. The van der Waals surface area contributed by atoms with Gasteiger partial charge in [-0.05, 0) is 45.2 Å². The SMILES string of the molecule is CC(C)Oc1ccccc1NC1CCN(C2CC2)C1. The number of ether oxygens (including phenoxy) is 1. The Kier molecular flexibility index (Phi) is 3.65. The highest BCUT2D eigenvalue weighted by atomic mass is 16.5. The van der Waals surface area contributed by atoms with E-state index in [0.717, 1.165) is 17.5 Å².